The van der Waals surface area contributed by atoms with Crippen LogP contribution in [0.25, 0.3) is 0 Å². The Balaban J connectivity index is 0.0000101. The minimum Gasteiger partial charge on any atom is -0.493 e. The van der Waals surface area contributed by atoms with Crippen LogP contribution in [0, 0.1) is 23.7 Å². The number of methoxy groups -OCH3 is 1. The summed E-state index contributed by atoms with van der Waals surface area (Å²) in [6.07, 6.45) is 2.61. The van der Waals surface area contributed by atoms with E-state index in [1.807, 2.05) is 39.1 Å². The second-order valence-corrected chi connectivity index (χ2v) is 13.1. The van der Waals surface area contributed by atoms with Crippen molar-refractivity contribution in [1.82, 2.24) is 10.3 Å². The number of halogens is 2. The fraction of sp³-hybridized carbons (Fsp3) is 0.765. The third kappa shape index (κ3) is 13.5. The number of nitrogens with one attached hydrogen (secondary N) is 1. The van der Waals surface area contributed by atoms with Gasteiger partial charge in [-0.2, -0.15) is 4.59 Å². The predicted molar refractivity (Wildman–Crippen MR) is 188 cm³/mol. The Labute approximate surface area is 290 Å². The number of aliphatic hydroxyl groups excluding tert-OH is 1. The lowest BCUT2D eigenvalue weighted by molar-refractivity contribution is -0.955. The lowest BCUT2D eigenvalue weighted by atomic mass is 9.82. The maximum Gasteiger partial charge on any atom is 0.336 e. The first-order valence-electron chi connectivity index (χ1n) is 16.6. The molecule has 4 N–H and O–H groups in total. The van der Waals surface area contributed by atoms with Crippen LogP contribution in [0.4, 0.5) is 0 Å². The Bertz CT molecular complexity index is 998. The Kier molecular flexibility index (Phi) is 22.2. The zero-order valence-electron chi connectivity index (χ0n) is 29.2. The van der Waals surface area contributed by atoms with Crippen LogP contribution in [-0.2, 0) is 14.3 Å². The summed E-state index contributed by atoms with van der Waals surface area (Å²) in [5.41, 5.74) is 7.11. The summed E-state index contributed by atoms with van der Waals surface area (Å²) >= 11 is 0. The van der Waals surface area contributed by atoms with Gasteiger partial charge in [-0.3, -0.25) is 4.79 Å². The molecule has 46 heavy (non-hydrogen) atoms. The van der Waals surface area contributed by atoms with Crippen LogP contribution in [0.5, 0.6) is 5.75 Å². The van der Waals surface area contributed by atoms with Gasteiger partial charge >= 0.3 is 5.91 Å². The van der Waals surface area contributed by atoms with Crippen molar-refractivity contribution >= 4 is 36.6 Å². The van der Waals surface area contributed by atoms with Crippen molar-refractivity contribution in [2.45, 2.75) is 78.9 Å². The topological polar surface area (TPSA) is 123 Å². The van der Waals surface area contributed by atoms with E-state index in [0.717, 1.165) is 19.3 Å². The number of nitrogens with two attached hydrogens (primary N) is 1. The number of nitrogens with zero attached hydrogens (tertiary/aromatic N) is 2. The van der Waals surface area contributed by atoms with Gasteiger partial charge in [-0.05, 0) is 62.0 Å². The SMILES string of the molecule is CCC[N+](C)(C(=O)C(CC(O)C(N)CC(CNC(=O)c1ccccc1OCCCCOC)C(C)C)C(C)C)N1CCOCC1.Cl.Cl. The number of unbranched alkanes of at least 4 members (excludes halogenated alkanes) is 1. The molecule has 1 saturated heterocycles. The summed E-state index contributed by atoms with van der Waals surface area (Å²) in [5.74, 6) is 0.495. The van der Waals surface area contributed by atoms with E-state index >= 15 is 0 Å². The van der Waals surface area contributed by atoms with Gasteiger partial charge in [0.25, 0.3) is 5.91 Å². The second kappa shape index (κ2) is 23.0. The van der Waals surface area contributed by atoms with Crippen molar-refractivity contribution in [2.75, 3.05) is 66.8 Å². The van der Waals surface area contributed by atoms with Crippen LogP contribution in [-0.4, -0.2) is 105 Å². The van der Waals surface area contributed by atoms with Crippen molar-refractivity contribution < 1.29 is 33.5 Å². The minimum atomic E-state index is -0.838. The van der Waals surface area contributed by atoms with Gasteiger partial charge in [0, 0.05) is 26.3 Å². The van der Waals surface area contributed by atoms with Crippen molar-refractivity contribution in [3.05, 3.63) is 29.8 Å². The molecule has 10 nitrogen and oxygen atoms in total. The normalized spacial score (nSPS) is 17.6. The van der Waals surface area contributed by atoms with Gasteiger partial charge in [0.1, 0.15) is 12.3 Å². The first kappa shape index (κ1) is 44.5. The van der Waals surface area contributed by atoms with Crippen LogP contribution in [0.3, 0.4) is 0 Å². The molecule has 1 aliphatic heterocycles. The van der Waals surface area contributed by atoms with E-state index in [0.29, 0.717) is 76.8 Å². The van der Waals surface area contributed by atoms with Crippen LogP contribution in [0.15, 0.2) is 24.3 Å². The quantitative estimate of drug-likeness (QED) is 0.133. The highest BCUT2D eigenvalue weighted by Gasteiger charge is 2.45. The Morgan fingerprint density at radius 3 is 2.26 bits per heavy atom. The molecule has 2 rings (SSSR count). The van der Waals surface area contributed by atoms with Crippen molar-refractivity contribution in [1.29, 1.82) is 0 Å². The average Bonchev–Trinajstić information content (AvgIpc) is 3.01. The fourth-order valence-electron chi connectivity index (χ4n) is 6.00. The van der Waals surface area contributed by atoms with Crippen LogP contribution in [0.1, 0.15) is 77.1 Å². The van der Waals surface area contributed by atoms with Crippen molar-refractivity contribution in [3.63, 3.8) is 0 Å². The second-order valence-electron chi connectivity index (χ2n) is 13.1. The Hall–Kier alpha value is -1.50. The summed E-state index contributed by atoms with van der Waals surface area (Å²) in [4.78, 5) is 27.3. The zero-order valence-corrected chi connectivity index (χ0v) is 30.9. The van der Waals surface area contributed by atoms with Crippen molar-refractivity contribution in [3.8, 4) is 5.75 Å². The number of para-hydroxylation sites is 1. The number of amides is 2. The smallest absolute Gasteiger partial charge is 0.336 e. The number of carbonyl (C=O) groups excluding carboxylic acids is 2. The standard InChI is InChI=1S/C34H60N4O6.2ClH/c1-8-17-38(6,37-15-20-43-21-16-37)34(41)29(26(4)5)23-31(39)30(35)22-27(25(2)3)24-36-33(40)28-13-9-10-14-32(28)44-19-12-11-18-42-7;;/h9-10,13-14,25-27,29-31,39H,8,11-12,15-24,35H2,1-7H3;2*1H/p+1. The van der Waals surface area contributed by atoms with Gasteiger partial charge in [-0.1, -0.05) is 46.8 Å². The molecule has 1 aliphatic rings. The number of rotatable bonds is 20. The monoisotopic (exact) mass is 693 g/mol. The molecule has 2 amide bonds. The van der Waals surface area contributed by atoms with Gasteiger partial charge < -0.3 is 30.4 Å². The maximum absolute atomic E-state index is 14.1. The third-order valence-electron chi connectivity index (χ3n) is 9.03. The van der Waals surface area contributed by atoms with E-state index in [2.05, 4.69) is 31.1 Å². The van der Waals surface area contributed by atoms with Gasteiger partial charge in [-0.25, -0.2) is 4.79 Å². The molecule has 1 aromatic rings. The summed E-state index contributed by atoms with van der Waals surface area (Å²) in [5, 5.41) is 16.6. The highest BCUT2D eigenvalue weighted by atomic mass is 35.5. The molecule has 0 saturated carbocycles. The van der Waals surface area contributed by atoms with E-state index < -0.39 is 12.1 Å². The highest BCUT2D eigenvalue weighted by molar-refractivity contribution is 5.96. The number of hydrogen-bond donors (Lipinski definition) is 3. The van der Waals surface area contributed by atoms with Gasteiger partial charge in [-0.15, -0.1) is 29.8 Å². The molecule has 0 aromatic heterocycles. The van der Waals surface area contributed by atoms with E-state index in [-0.39, 0.29) is 64.9 Å². The molecule has 1 aromatic carbocycles. The molecule has 1 fully saturated rings. The summed E-state index contributed by atoms with van der Waals surface area (Å²) in [7, 11) is 3.68. The highest BCUT2D eigenvalue weighted by Crippen LogP contribution is 2.28. The van der Waals surface area contributed by atoms with E-state index in [1.165, 1.54) is 0 Å². The van der Waals surface area contributed by atoms with Gasteiger partial charge in [0.05, 0.1) is 57.5 Å². The number of morpholine rings is 1. The first-order chi connectivity index (χ1) is 21.0. The van der Waals surface area contributed by atoms with E-state index in [4.69, 9.17) is 19.9 Å². The van der Waals surface area contributed by atoms with E-state index in [1.54, 1.807) is 13.2 Å². The molecule has 5 unspecified atom stereocenters. The van der Waals surface area contributed by atoms with Crippen molar-refractivity contribution in [2.24, 2.45) is 29.4 Å². The van der Waals surface area contributed by atoms with Crippen LogP contribution >= 0.6 is 24.8 Å². The number of ether oxygens (including phenoxy) is 3. The number of quaternary nitrogens is 1. The van der Waals surface area contributed by atoms with Crippen LogP contribution in [0.2, 0.25) is 0 Å². The first-order valence-corrected chi connectivity index (χ1v) is 16.6. The molecular formula is C34H63Cl2N4O6+. The summed E-state index contributed by atoms with van der Waals surface area (Å²) in [6, 6.07) is 6.74. The lowest BCUT2D eigenvalue weighted by Crippen LogP contribution is -2.66. The predicted octanol–water partition coefficient (Wildman–Crippen LogP) is 4.71. The summed E-state index contributed by atoms with van der Waals surface area (Å²) < 4.78 is 16.8. The molecule has 0 spiro atoms. The molecule has 0 bridgehead atoms. The molecule has 0 aliphatic carbocycles. The summed E-state index contributed by atoms with van der Waals surface area (Å²) in [6.45, 7) is 15.4. The fourth-order valence-corrected chi connectivity index (χ4v) is 6.00. The van der Waals surface area contributed by atoms with Gasteiger partial charge in [0.2, 0.25) is 0 Å². The third-order valence-corrected chi connectivity index (χ3v) is 9.03. The van der Waals surface area contributed by atoms with Crippen LogP contribution < -0.4 is 15.8 Å². The number of carbonyl (C=O) groups is 2. The molecule has 1 heterocycles. The largest absolute Gasteiger partial charge is 0.493 e. The Morgan fingerprint density at radius 1 is 1.04 bits per heavy atom. The number of benzene rings is 1. The molecule has 5 atom stereocenters. The Morgan fingerprint density at radius 2 is 1.67 bits per heavy atom. The minimum absolute atomic E-state index is 0. The molecule has 12 heteroatoms. The zero-order chi connectivity index (χ0) is 32.7. The average molecular weight is 695 g/mol. The van der Waals surface area contributed by atoms with E-state index in [9.17, 15) is 14.7 Å². The molecular weight excluding hydrogens is 631 g/mol. The van der Waals surface area contributed by atoms with Gasteiger partial charge in [0.15, 0.2) is 0 Å². The molecule has 0 radical (unpaired) electrons. The maximum atomic E-state index is 14.1. The molecule has 268 valence electrons. The number of hydrogen-bond acceptors (Lipinski definition) is 8. The number of aliphatic hydroxyl groups is 1. The lowest BCUT2D eigenvalue weighted by Gasteiger charge is -2.44.